The predicted molar refractivity (Wildman–Crippen MR) is 102 cm³/mol. The second-order valence-corrected chi connectivity index (χ2v) is 7.66. The Balaban J connectivity index is 1.61. The molecule has 1 unspecified atom stereocenters. The van der Waals surface area contributed by atoms with Crippen molar-refractivity contribution >= 4 is 5.91 Å². The van der Waals surface area contributed by atoms with Crippen LogP contribution in [-0.2, 0) is 22.1 Å². The summed E-state index contributed by atoms with van der Waals surface area (Å²) in [5.74, 6) is -0.418. The average molecular weight is 404 g/mol. The van der Waals surface area contributed by atoms with Crippen LogP contribution in [0.15, 0.2) is 36.4 Å². The molecule has 1 aliphatic heterocycles. The highest BCUT2D eigenvalue weighted by Crippen LogP contribution is 2.35. The fourth-order valence-corrected chi connectivity index (χ4v) is 4.06. The van der Waals surface area contributed by atoms with E-state index < -0.39 is 11.7 Å². The Labute approximate surface area is 167 Å². The van der Waals surface area contributed by atoms with Crippen LogP contribution in [0.3, 0.4) is 0 Å². The molecule has 2 heterocycles. The SMILES string of the molecule is O=C(NC1CCOCC1)C1CCCc2ccc(-c3cccc(C(F)(F)F)c3)nc21. The number of amides is 1. The molecule has 1 saturated heterocycles. The summed E-state index contributed by atoms with van der Waals surface area (Å²) in [7, 11) is 0. The van der Waals surface area contributed by atoms with Gasteiger partial charge in [-0.15, -0.1) is 0 Å². The summed E-state index contributed by atoms with van der Waals surface area (Å²) in [6.07, 6.45) is -0.404. The van der Waals surface area contributed by atoms with Crippen LogP contribution in [0.25, 0.3) is 11.3 Å². The molecule has 0 spiro atoms. The molecule has 0 saturated carbocycles. The van der Waals surface area contributed by atoms with Crippen LogP contribution in [0.5, 0.6) is 0 Å². The average Bonchev–Trinajstić information content (AvgIpc) is 2.73. The number of nitrogens with zero attached hydrogens (tertiary/aromatic N) is 1. The summed E-state index contributed by atoms with van der Waals surface area (Å²) in [4.78, 5) is 17.6. The molecule has 29 heavy (non-hydrogen) atoms. The van der Waals surface area contributed by atoms with E-state index in [1.165, 1.54) is 6.07 Å². The van der Waals surface area contributed by atoms with Gasteiger partial charge in [-0.3, -0.25) is 9.78 Å². The lowest BCUT2D eigenvalue weighted by molar-refractivity contribution is -0.137. The van der Waals surface area contributed by atoms with Crippen LogP contribution in [0.4, 0.5) is 13.2 Å². The third-order valence-corrected chi connectivity index (χ3v) is 5.65. The van der Waals surface area contributed by atoms with Crippen molar-refractivity contribution in [2.24, 2.45) is 0 Å². The molecule has 1 atom stereocenters. The minimum Gasteiger partial charge on any atom is -0.381 e. The smallest absolute Gasteiger partial charge is 0.381 e. The second-order valence-electron chi connectivity index (χ2n) is 7.66. The monoisotopic (exact) mass is 404 g/mol. The van der Waals surface area contributed by atoms with Gasteiger partial charge in [0.2, 0.25) is 5.91 Å². The second kappa shape index (κ2) is 8.14. The molecule has 2 aromatic rings. The van der Waals surface area contributed by atoms with E-state index in [1.54, 1.807) is 12.1 Å². The summed E-state index contributed by atoms with van der Waals surface area (Å²) in [5.41, 5.74) is 1.84. The summed E-state index contributed by atoms with van der Waals surface area (Å²) in [5, 5.41) is 3.11. The molecule has 1 N–H and O–H groups in total. The first kappa shape index (κ1) is 19.9. The van der Waals surface area contributed by atoms with Crippen molar-refractivity contribution in [3.8, 4) is 11.3 Å². The van der Waals surface area contributed by atoms with Gasteiger partial charge in [-0.25, -0.2) is 0 Å². The molecule has 4 nitrogen and oxygen atoms in total. The maximum Gasteiger partial charge on any atom is 0.416 e. The van der Waals surface area contributed by atoms with Crippen LogP contribution in [0.1, 0.15) is 48.4 Å². The maximum atomic E-state index is 13.1. The van der Waals surface area contributed by atoms with Crippen LogP contribution in [-0.4, -0.2) is 30.1 Å². The molecule has 154 valence electrons. The molecular weight excluding hydrogens is 381 g/mol. The number of fused-ring (bicyclic) bond motifs is 1. The van der Waals surface area contributed by atoms with Gasteiger partial charge in [0.1, 0.15) is 0 Å². The van der Waals surface area contributed by atoms with E-state index in [0.717, 1.165) is 43.4 Å². The maximum absolute atomic E-state index is 13.1. The van der Waals surface area contributed by atoms with Crippen LogP contribution in [0.2, 0.25) is 0 Å². The molecule has 1 fully saturated rings. The topological polar surface area (TPSA) is 51.2 Å². The number of hydrogen-bond donors (Lipinski definition) is 1. The van der Waals surface area contributed by atoms with Gasteiger partial charge in [0.05, 0.1) is 22.9 Å². The van der Waals surface area contributed by atoms with Crippen molar-refractivity contribution < 1.29 is 22.7 Å². The highest BCUT2D eigenvalue weighted by molar-refractivity contribution is 5.84. The summed E-state index contributed by atoms with van der Waals surface area (Å²) in [6.45, 7) is 1.29. The molecule has 7 heteroatoms. The van der Waals surface area contributed by atoms with Crippen molar-refractivity contribution in [2.75, 3.05) is 13.2 Å². The van der Waals surface area contributed by atoms with Crippen LogP contribution in [0, 0.1) is 0 Å². The van der Waals surface area contributed by atoms with E-state index in [4.69, 9.17) is 4.74 Å². The highest BCUT2D eigenvalue weighted by Gasteiger charge is 2.32. The summed E-state index contributed by atoms with van der Waals surface area (Å²) in [6, 6.07) is 8.89. The molecule has 4 rings (SSSR count). The van der Waals surface area contributed by atoms with Gasteiger partial charge in [0.25, 0.3) is 0 Å². The fourth-order valence-electron chi connectivity index (χ4n) is 4.06. The van der Waals surface area contributed by atoms with Crippen molar-refractivity contribution in [1.82, 2.24) is 10.3 Å². The molecule has 1 aromatic carbocycles. The third-order valence-electron chi connectivity index (χ3n) is 5.65. The van der Waals surface area contributed by atoms with E-state index in [0.29, 0.717) is 36.6 Å². The molecular formula is C22H23F3N2O2. The predicted octanol–water partition coefficient (Wildman–Crippen LogP) is 4.48. The number of carbonyl (C=O) groups excluding carboxylic acids is 1. The Morgan fingerprint density at radius 3 is 2.66 bits per heavy atom. The Morgan fingerprint density at radius 1 is 1.10 bits per heavy atom. The zero-order valence-corrected chi connectivity index (χ0v) is 16.0. The van der Waals surface area contributed by atoms with Crippen molar-refractivity contribution in [3.63, 3.8) is 0 Å². The number of benzene rings is 1. The van der Waals surface area contributed by atoms with Gasteiger partial charge < -0.3 is 10.1 Å². The van der Waals surface area contributed by atoms with Crippen molar-refractivity contribution in [2.45, 2.75) is 50.2 Å². The standard InChI is InChI=1S/C22H23F3N2O2/c23-22(24,25)16-5-1-4-15(13-16)19-8-7-14-3-2-6-18(20(14)27-19)21(28)26-17-9-11-29-12-10-17/h1,4-5,7-8,13,17-18H,2-3,6,9-12H2,(H,26,28). The minimum absolute atomic E-state index is 0.0495. The van der Waals surface area contributed by atoms with E-state index in [2.05, 4.69) is 10.3 Å². The van der Waals surface area contributed by atoms with Crippen LogP contribution >= 0.6 is 0 Å². The number of rotatable bonds is 3. The highest BCUT2D eigenvalue weighted by atomic mass is 19.4. The largest absolute Gasteiger partial charge is 0.416 e. The van der Waals surface area contributed by atoms with Gasteiger partial charge in [-0.1, -0.05) is 18.2 Å². The zero-order chi connectivity index (χ0) is 20.4. The first-order valence-corrected chi connectivity index (χ1v) is 9.97. The Bertz CT molecular complexity index is 892. The molecule has 1 aliphatic carbocycles. The van der Waals surface area contributed by atoms with Crippen molar-refractivity contribution in [3.05, 3.63) is 53.2 Å². The minimum atomic E-state index is -4.41. The van der Waals surface area contributed by atoms with Crippen molar-refractivity contribution in [1.29, 1.82) is 0 Å². The van der Waals surface area contributed by atoms with Gasteiger partial charge in [0, 0.05) is 24.8 Å². The van der Waals surface area contributed by atoms with Gasteiger partial charge in [-0.2, -0.15) is 13.2 Å². The number of aryl methyl sites for hydroxylation is 1. The van der Waals surface area contributed by atoms with Crippen LogP contribution < -0.4 is 5.32 Å². The first-order chi connectivity index (χ1) is 13.9. The molecule has 1 amide bonds. The fraction of sp³-hybridized carbons (Fsp3) is 0.455. The molecule has 2 aliphatic rings. The number of halogens is 3. The van der Waals surface area contributed by atoms with Gasteiger partial charge >= 0.3 is 6.18 Å². The van der Waals surface area contributed by atoms with E-state index >= 15 is 0 Å². The van der Waals surface area contributed by atoms with E-state index in [-0.39, 0.29) is 17.9 Å². The lowest BCUT2D eigenvalue weighted by Crippen LogP contribution is -2.42. The van der Waals surface area contributed by atoms with E-state index in [9.17, 15) is 18.0 Å². The van der Waals surface area contributed by atoms with Gasteiger partial charge in [-0.05, 0) is 55.9 Å². The normalized spacial score (nSPS) is 20.2. The van der Waals surface area contributed by atoms with Gasteiger partial charge in [0.15, 0.2) is 0 Å². The Morgan fingerprint density at radius 2 is 1.90 bits per heavy atom. The zero-order valence-electron chi connectivity index (χ0n) is 16.0. The number of pyridine rings is 1. The van der Waals surface area contributed by atoms with E-state index in [1.807, 2.05) is 6.07 Å². The summed E-state index contributed by atoms with van der Waals surface area (Å²) < 4.78 is 44.5. The molecule has 0 radical (unpaired) electrons. The lowest BCUT2D eigenvalue weighted by atomic mass is 9.85. The lowest BCUT2D eigenvalue weighted by Gasteiger charge is -2.28. The first-order valence-electron chi connectivity index (χ1n) is 9.97. The Kier molecular flexibility index (Phi) is 5.58. The summed E-state index contributed by atoms with van der Waals surface area (Å²) >= 11 is 0. The Hall–Kier alpha value is -2.41. The quantitative estimate of drug-likeness (QED) is 0.821. The number of hydrogen-bond acceptors (Lipinski definition) is 3. The molecule has 0 bridgehead atoms. The number of ether oxygens (including phenoxy) is 1. The number of carbonyl (C=O) groups is 1. The number of aromatic nitrogens is 1. The third kappa shape index (κ3) is 4.45. The number of alkyl halides is 3. The number of nitrogens with one attached hydrogen (secondary N) is 1. The molecule has 1 aromatic heterocycles.